The van der Waals surface area contributed by atoms with Gasteiger partial charge in [0, 0.05) is 0 Å². The number of esters is 1. The number of halogens is 2. The summed E-state index contributed by atoms with van der Waals surface area (Å²) in [5, 5.41) is 10.2. The molecule has 154 valence electrons. The third kappa shape index (κ3) is 5.64. The zero-order valence-corrected chi connectivity index (χ0v) is 15.5. The van der Waals surface area contributed by atoms with Crippen molar-refractivity contribution in [3.63, 3.8) is 0 Å². The first-order valence-electron chi connectivity index (χ1n) is 8.78. The molecule has 0 N–H and O–H groups in total. The van der Waals surface area contributed by atoms with Crippen molar-refractivity contribution < 1.29 is 42.5 Å². The molecule has 0 spiro atoms. The van der Waals surface area contributed by atoms with Crippen LogP contribution in [0.5, 0.6) is 5.75 Å². The second kappa shape index (κ2) is 8.53. The molecule has 0 unspecified atom stereocenters. The lowest BCUT2D eigenvalue weighted by molar-refractivity contribution is -0.331. The van der Waals surface area contributed by atoms with E-state index in [1.807, 2.05) is 13.8 Å². The highest BCUT2D eigenvalue weighted by molar-refractivity contribution is 5.89. The Bertz CT molecular complexity index is 722. The maximum absolute atomic E-state index is 12.9. The number of ether oxygens (including phenoxy) is 3. The number of hydrogen-bond acceptors (Lipinski definition) is 7. The normalized spacial score (nSPS) is 15.1. The fourth-order valence-corrected chi connectivity index (χ4v) is 2.99. The molecule has 0 saturated heterocycles. The lowest BCUT2D eigenvalue weighted by Crippen LogP contribution is -2.45. The van der Waals surface area contributed by atoms with Gasteiger partial charge in [0.25, 0.3) is 0 Å². The molecule has 7 nitrogen and oxygen atoms in total. The third-order valence-electron chi connectivity index (χ3n) is 4.66. The van der Waals surface area contributed by atoms with Gasteiger partial charge in [0.15, 0.2) is 6.61 Å². The van der Waals surface area contributed by atoms with E-state index in [2.05, 4.69) is 4.74 Å². The number of hydrogen-bond donors (Lipinski definition) is 0. The fraction of sp³-hybridized carbons (Fsp3) is 0.526. The van der Waals surface area contributed by atoms with Gasteiger partial charge in [-0.15, -0.1) is 0 Å². The van der Waals surface area contributed by atoms with Gasteiger partial charge < -0.3 is 24.1 Å². The summed E-state index contributed by atoms with van der Waals surface area (Å²) in [6.07, 6.45) is 3.26. The lowest BCUT2D eigenvalue weighted by Gasteiger charge is -2.30. The molecule has 0 aromatic heterocycles. The second-order valence-electron chi connectivity index (χ2n) is 7.13. The summed E-state index contributed by atoms with van der Waals surface area (Å²) in [7, 11) is 0. The summed E-state index contributed by atoms with van der Waals surface area (Å²) >= 11 is 0. The van der Waals surface area contributed by atoms with Gasteiger partial charge in [-0.2, -0.15) is 8.78 Å². The molecule has 1 fully saturated rings. The van der Waals surface area contributed by atoms with Gasteiger partial charge in [-0.1, -0.05) is 12.8 Å². The smallest absolute Gasteiger partial charge is 0.514 e. The van der Waals surface area contributed by atoms with E-state index in [0.29, 0.717) is 0 Å². The molecular weight excluding hydrogens is 378 g/mol. The predicted molar refractivity (Wildman–Crippen MR) is 89.8 cm³/mol. The van der Waals surface area contributed by atoms with Crippen molar-refractivity contribution in [2.75, 3.05) is 6.61 Å². The minimum Gasteiger partial charge on any atom is -0.544 e. The van der Waals surface area contributed by atoms with Crippen molar-refractivity contribution in [2.45, 2.75) is 51.1 Å². The number of alkyl halides is 2. The Hall–Kier alpha value is -2.71. The summed E-state index contributed by atoms with van der Waals surface area (Å²) in [6, 6.07) is 4.89. The highest BCUT2D eigenvalue weighted by Gasteiger charge is 2.36. The van der Waals surface area contributed by atoms with Crippen LogP contribution in [0.3, 0.4) is 0 Å². The number of carboxylic acid groups (broad SMARTS) is 1. The molecule has 1 aromatic carbocycles. The van der Waals surface area contributed by atoms with Crippen LogP contribution in [-0.2, 0) is 14.3 Å². The van der Waals surface area contributed by atoms with Gasteiger partial charge in [0.05, 0.1) is 5.56 Å². The fourth-order valence-electron chi connectivity index (χ4n) is 2.99. The highest BCUT2D eigenvalue weighted by atomic mass is 19.3. The summed E-state index contributed by atoms with van der Waals surface area (Å²) in [6.45, 7) is 2.01. The first-order chi connectivity index (χ1) is 13.0. The molecule has 1 aliphatic rings. The van der Waals surface area contributed by atoms with Crippen molar-refractivity contribution in [3.05, 3.63) is 29.8 Å². The largest absolute Gasteiger partial charge is 0.544 e. The molecule has 1 aliphatic carbocycles. The Kier molecular flexibility index (Phi) is 6.58. The van der Waals surface area contributed by atoms with E-state index >= 15 is 0 Å². The Balaban J connectivity index is 1.88. The minimum atomic E-state index is -4.28. The van der Waals surface area contributed by atoms with Crippen molar-refractivity contribution in [3.8, 4) is 5.75 Å². The quantitative estimate of drug-likeness (QED) is 0.513. The van der Waals surface area contributed by atoms with E-state index in [1.165, 1.54) is 24.3 Å². The van der Waals surface area contributed by atoms with Crippen LogP contribution in [0.4, 0.5) is 13.6 Å². The van der Waals surface area contributed by atoms with E-state index < -0.39 is 36.2 Å². The molecule has 1 saturated carbocycles. The number of benzene rings is 1. The maximum Gasteiger partial charge on any atom is 0.514 e. The maximum atomic E-state index is 12.9. The molecule has 28 heavy (non-hydrogen) atoms. The second-order valence-corrected chi connectivity index (χ2v) is 7.13. The number of carbonyl (C=O) groups is 3. The van der Waals surface area contributed by atoms with E-state index in [9.17, 15) is 28.3 Å². The highest BCUT2D eigenvalue weighted by Crippen LogP contribution is 2.36. The van der Waals surface area contributed by atoms with Crippen LogP contribution >= 0.6 is 0 Å². The lowest BCUT2D eigenvalue weighted by atomic mass is 9.89. The van der Waals surface area contributed by atoms with E-state index in [1.54, 1.807) is 0 Å². The topological polar surface area (TPSA) is 102 Å². The summed E-state index contributed by atoms with van der Waals surface area (Å²) < 4.78 is 40.5. The summed E-state index contributed by atoms with van der Waals surface area (Å²) in [5.74, 6) is -7.73. The van der Waals surface area contributed by atoms with Crippen molar-refractivity contribution in [1.82, 2.24) is 0 Å². The number of aliphatic carboxylic acids is 1. The van der Waals surface area contributed by atoms with Crippen LogP contribution in [-0.4, -0.2) is 36.2 Å². The van der Waals surface area contributed by atoms with Gasteiger partial charge in [-0.25, -0.2) is 9.59 Å². The number of carbonyl (C=O) groups excluding carboxylic acids is 3. The third-order valence-corrected chi connectivity index (χ3v) is 4.66. The van der Waals surface area contributed by atoms with Gasteiger partial charge in [0.1, 0.15) is 17.3 Å². The van der Waals surface area contributed by atoms with Crippen LogP contribution in [0, 0.1) is 5.92 Å². The minimum absolute atomic E-state index is 0.0869. The van der Waals surface area contributed by atoms with Crippen LogP contribution in [0.1, 0.15) is 49.9 Å². The Morgan fingerprint density at radius 3 is 2.21 bits per heavy atom. The SMILES string of the molecule is CC(C)(OC(=O)Oc1ccc(C(=O)OCC(F)(F)C(=O)[O-])cc1)C1CCCC1. The van der Waals surface area contributed by atoms with Gasteiger partial charge in [-0.3, -0.25) is 0 Å². The molecule has 0 aliphatic heterocycles. The summed E-state index contributed by atoms with van der Waals surface area (Å²) in [5.41, 5.74) is -0.789. The molecule has 0 radical (unpaired) electrons. The van der Waals surface area contributed by atoms with Gasteiger partial charge in [0.2, 0.25) is 0 Å². The van der Waals surface area contributed by atoms with Crippen LogP contribution in [0.25, 0.3) is 0 Å². The molecule has 0 amide bonds. The monoisotopic (exact) mass is 399 g/mol. The number of rotatable bonds is 7. The zero-order valence-electron chi connectivity index (χ0n) is 15.5. The van der Waals surface area contributed by atoms with Gasteiger partial charge in [-0.05, 0) is 56.9 Å². The van der Waals surface area contributed by atoms with E-state index in [-0.39, 0.29) is 17.2 Å². The zero-order chi connectivity index (χ0) is 20.9. The van der Waals surface area contributed by atoms with Crippen LogP contribution in [0.15, 0.2) is 24.3 Å². The molecule has 2 rings (SSSR count). The van der Waals surface area contributed by atoms with Gasteiger partial charge >= 0.3 is 18.0 Å². The van der Waals surface area contributed by atoms with Crippen molar-refractivity contribution >= 4 is 18.1 Å². The van der Waals surface area contributed by atoms with Crippen LogP contribution < -0.4 is 9.84 Å². The average molecular weight is 399 g/mol. The van der Waals surface area contributed by atoms with E-state index in [0.717, 1.165) is 25.7 Å². The Labute approximate surface area is 160 Å². The summed E-state index contributed by atoms with van der Waals surface area (Å²) in [4.78, 5) is 33.9. The van der Waals surface area contributed by atoms with Crippen LogP contribution in [0.2, 0.25) is 0 Å². The van der Waals surface area contributed by atoms with Crippen molar-refractivity contribution in [2.24, 2.45) is 5.92 Å². The number of carboxylic acids is 1. The molecular formula is C19H21F2O7-. The first kappa shape index (κ1) is 21.6. The Morgan fingerprint density at radius 1 is 1.11 bits per heavy atom. The average Bonchev–Trinajstić information content (AvgIpc) is 3.15. The van der Waals surface area contributed by atoms with Crippen molar-refractivity contribution in [1.29, 1.82) is 0 Å². The molecule has 0 bridgehead atoms. The van der Waals surface area contributed by atoms with E-state index in [4.69, 9.17) is 9.47 Å². The Morgan fingerprint density at radius 2 is 1.68 bits per heavy atom. The molecule has 0 heterocycles. The molecule has 0 atom stereocenters. The molecule has 9 heteroatoms. The standard InChI is InChI=1S/C19H22F2O7/c1-18(2,13-5-3-4-6-13)28-17(25)27-14-9-7-12(8-10-14)15(22)26-11-19(20,21)16(23)24/h7-10,13H,3-6,11H2,1-2H3,(H,23,24)/p-1. The first-order valence-corrected chi connectivity index (χ1v) is 8.78. The predicted octanol–water partition coefficient (Wildman–Crippen LogP) is 2.71. The molecule has 1 aromatic rings.